The van der Waals surface area contributed by atoms with Crippen molar-refractivity contribution < 1.29 is 13.0 Å². The maximum Gasteiger partial charge on any atom is 0.353 e. The standard InChI is InChI=1S/C8H10.ClHO3S/c1-7-4-3-5-8(2)6-7;1-5(2,3)4/h3-6H,1-2H3;(H,2,3,4). The van der Waals surface area contributed by atoms with Crippen LogP contribution < -0.4 is 0 Å². The smallest absolute Gasteiger partial charge is 0.273 e. The Balaban J connectivity index is 0.000000252. The predicted octanol–water partition coefficient (Wildman–Crippen LogP) is 2.33. The highest BCUT2D eigenvalue weighted by Gasteiger charge is 1.86. The van der Waals surface area contributed by atoms with Crippen LogP contribution in [-0.2, 0) is 9.33 Å². The molecule has 1 N–H and O–H groups in total. The summed E-state index contributed by atoms with van der Waals surface area (Å²) in [5.41, 5.74) is 2.68. The molecule has 0 saturated carbocycles. The minimum atomic E-state index is -4.19. The van der Waals surface area contributed by atoms with Gasteiger partial charge in [-0.15, -0.1) is 0 Å². The monoisotopic (exact) mass is 222 g/mol. The van der Waals surface area contributed by atoms with Crippen LogP contribution in [0.2, 0.25) is 0 Å². The van der Waals surface area contributed by atoms with Gasteiger partial charge in [-0.3, -0.25) is 4.55 Å². The third-order valence-corrected chi connectivity index (χ3v) is 1.17. The highest BCUT2D eigenvalue weighted by Crippen LogP contribution is 2.00. The number of aryl methyl sites for hydroxylation is 2. The Morgan fingerprint density at radius 1 is 1.23 bits per heavy atom. The molecule has 0 spiro atoms. The molecule has 1 rings (SSSR count). The largest absolute Gasteiger partial charge is 0.353 e. The Labute approximate surface area is 82.6 Å². The first kappa shape index (κ1) is 12.4. The molecule has 74 valence electrons. The van der Waals surface area contributed by atoms with E-state index < -0.39 is 9.33 Å². The average Bonchev–Trinajstić information content (AvgIpc) is 1.81. The van der Waals surface area contributed by atoms with E-state index in [1.807, 2.05) is 0 Å². The number of hydrogen-bond acceptors (Lipinski definition) is 2. The van der Waals surface area contributed by atoms with Gasteiger partial charge in [0.05, 0.1) is 0 Å². The fourth-order valence-electron chi connectivity index (χ4n) is 0.807. The van der Waals surface area contributed by atoms with E-state index >= 15 is 0 Å². The zero-order valence-electron chi connectivity index (χ0n) is 7.36. The molecule has 0 aliphatic heterocycles. The van der Waals surface area contributed by atoms with Gasteiger partial charge in [-0.25, -0.2) is 0 Å². The van der Waals surface area contributed by atoms with Gasteiger partial charge in [-0.2, -0.15) is 8.42 Å². The molecule has 1 aromatic rings. The van der Waals surface area contributed by atoms with Crippen LogP contribution in [0.25, 0.3) is 0 Å². The lowest BCUT2D eigenvalue weighted by molar-refractivity contribution is 0.501. The lowest BCUT2D eigenvalue weighted by atomic mass is 10.2. The van der Waals surface area contributed by atoms with E-state index in [0.29, 0.717) is 0 Å². The van der Waals surface area contributed by atoms with Crippen molar-refractivity contribution in [1.82, 2.24) is 0 Å². The van der Waals surface area contributed by atoms with Crippen LogP contribution in [0.5, 0.6) is 0 Å². The summed E-state index contributed by atoms with van der Waals surface area (Å²) in [6, 6.07) is 8.45. The average molecular weight is 223 g/mol. The molecule has 0 aliphatic rings. The maximum absolute atomic E-state index is 8.95. The molecule has 0 unspecified atom stereocenters. The minimum absolute atomic E-state index is 1.34. The Morgan fingerprint density at radius 3 is 1.69 bits per heavy atom. The van der Waals surface area contributed by atoms with Crippen molar-refractivity contribution in [3.63, 3.8) is 0 Å². The summed E-state index contributed by atoms with van der Waals surface area (Å²) in [4.78, 5) is 0. The first-order valence-corrected chi connectivity index (χ1v) is 5.76. The summed E-state index contributed by atoms with van der Waals surface area (Å²) in [5.74, 6) is 0. The zero-order valence-corrected chi connectivity index (χ0v) is 8.93. The Bertz CT molecular complexity index is 334. The summed E-state index contributed by atoms with van der Waals surface area (Å²) in [7, 11) is -0.137. The van der Waals surface area contributed by atoms with Crippen molar-refractivity contribution in [1.29, 1.82) is 0 Å². The molecular formula is C8H11ClO3S. The van der Waals surface area contributed by atoms with E-state index in [4.69, 9.17) is 13.0 Å². The van der Waals surface area contributed by atoms with Gasteiger partial charge < -0.3 is 0 Å². The first-order valence-electron chi connectivity index (χ1n) is 3.49. The molecule has 0 radical (unpaired) electrons. The van der Waals surface area contributed by atoms with Crippen LogP contribution in [0, 0.1) is 13.8 Å². The fourth-order valence-corrected chi connectivity index (χ4v) is 0.807. The van der Waals surface area contributed by atoms with Gasteiger partial charge in [-0.05, 0) is 13.8 Å². The number of rotatable bonds is 0. The second-order valence-corrected chi connectivity index (χ2v) is 4.56. The molecule has 0 atom stereocenters. The van der Waals surface area contributed by atoms with Crippen molar-refractivity contribution in [2.24, 2.45) is 0 Å². The topological polar surface area (TPSA) is 54.4 Å². The molecule has 0 saturated heterocycles. The van der Waals surface area contributed by atoms with E-state index in [2.05, 4.69) is 48.8 Å². The lowest BCUT2D eigenvalue weighted by Crippen LogP contribution is -1.77. The first-order chi connectivity index (χ1) is 5.79. The zero-order chi connectivity index (χ0) is 10.5. The minimum Gasteiger partial charge on any atom is -0.273 e. The van der Waals surface area contributed by atoms with E-state index in [1.165, 1.54) is 11.1 Å². The summed E-state index contributed by atoms with van der Waals surface area (Å²) in [5, 5.41) is 0. The molecule has 0 amide bonds. The summed E-state index contributed by atoms with van der Waals surface area (Å²) < 4.78 is 25.2. The van der Waals surface area contributed by atoms with Crippen molar-refractivity contribution in [3.8, 4) is 0 Å². The molecule has 0 heterocycles. The van der Waals surface area contributed by atoms with Gasteiger partial charge in [0.25, 0.3) is 0 Å². The van der Waals surface area contributed by atoms with Crippen LogP contribution in [0.15, 0.2) is 24.3 Å². The van der Waals surface area contributed by atoms with Crippen LogP contribution in [0.4, 0.5) is 0 Å². The van der Waals surface area contributed by atoms with Crippen molar-refractivity contribution >= 4 is 20.0 Å². The molecule has 1 aromatic carbocycles. The quantitative estimate of drug-likeness (QED) is 0.542. The van der Waals surface area contributed by atoms with Crippen LogP contribution in [-0.4, -0.2) is 13.0 Å². The fraction of sp³-hybridized carbons (Fsp3) is 0.250. The third kappa shape index (κ3) is 11.4. The SMILES string of the molecule is Cc1cccc(C)c1.O=S(=O)(O)Cl. The summed E-state index contributed by atoms with van der Waals surface area (Å²) >= 11 is 0. The summed E-state index contributed by atoms with van der Waals surface area (Å²) in [6.45, 7) is 4.21. The molecule has 5 heteroatoms. The molecule has 0 fully saturated rings. The van der Waals surface area contributed by atoms with Gasteiger partial charge in [0, 0.05) is 10.7 Å². The molecule has 13 heavy (non-hydrogen) atoms. The Hall–Kier alpha value is -0.580. The van der Waals surface area contributed by atoms with Gasteiger partial charge in [-0.1, -0.05) is 35.4 Å². The molecule has 0 bridgehead atoms. The van der Waals surface area contributed by atoms with Crippen LogP contribution >= 0.6 is 10.7 Å². The number of halogens is 1. The maximum atomic E-state index is 8.95. The molecular weight excluding hydrogens is 212 g/mol. The van der Waals surface area contributed by atoms with Crippen molar-refractivity contribution in [2.45, 2.75) is 13.8 Å². The third-order valence-electron chi connectivity index (χ3n) is 1.17. The second-order valence-electron chi connectivity index (χ2n) is 2.57. The number of benzene rings is 1. The van der Waals surface area contributed by atoms with E-state index in [1.54, 1.807) is 0 Å². The van der Waals surface area contributed by atoms with Gasteiger partial charge in [0.1, 0.15) is 0 Å². The van der Waals surface area contributed by atoms with Gasteiger partial charge in [0.15, 0.2) is 0 Å². The Morgan fingerprint density at radius 2 is 1.54 bits per heavy atom. The van der Waals surface area contributed by atoms with Crippen LogP contribution in [0.1, 0.15) is 11.1 Å². The van der Waals surface area contributed by atoms with Crippen LogP contribution in [0.3, 0.4) is 0 Å². The second kappa shape index (κ2) is 5.21. The highest BCUT2D eigenvalue weighted by atomic mass is 35.7. The molecule has 3 nitrogen and oxygen atoms in total. The predicted molar refractivity (Wildman–Crippen MR) is 53.3 cm³/mol. The van der Waals surface area contributed by atoms with Gasteiger partial charge >= 0.3 is 9.33 Å². The summed E-state index contributed by atoms with van der Waals surface area (Å²) in [6.07, 6.45) is 0. The van der Waals surface area contributed by atoms with E-state index in [9.17, 15) is 0 Å². The molecule has 0 aliphatic carbocycles. The van der Waals surface area contributed by atoms with E-state index in [-0.39, 0.29) is 0 Å². The normalized spacial score (nSPS) is 10.2. The van der Waals surface area contributed by atoms with E-state index in [0.717, 1.165) is 0 Å². The Kier molecular flexibility index (Phi) is 4.98. The van der Waals surface area contributed by atoms with Gasteiger partial charge in [0.2, 0.25) is 0 Å². The molecule has 0 aromatic heterocycles. The highest BCUT2D eigenvalue weighted by molar-refractivity contribution is 8.09. The van der Waals surface area contributed by atoms with Crippen molar-refractivity contribution in [3.05, 3.63) is 35.4 Å². The lowest BCUT2D eigenvalue weighted by Gasteiger charge is -1.90. The number of hydrogen-bond donors (Lipinski definition) is 1. The van der Waals surface area contributed by atoms with Crippen molar-refractivity contribution in [2.75, 3.05) is 0 Å².